The Morgan fingerprint density at radius 3 is 2.68 bits per heavy atom. The Kier molecular flexibility index (Phi) is 5.86. The van der Waals surface area contributed by atoms with Crippen LogP contribution in [0, 0.1) is 0 Å². The van der Waals surface area contributed by atoms with Crippen LogP contribution in [0.5, 0.6) is 5.75 Å². The number of nitrogens with zero attached hydrogens (tertiary/aromatic N) is 2. The Morgan fingerprint density at radius 2 is 2.00 bits per heavy atom. The first-order chi connectivity index (χ1) is 13.2. The van der Waals surface area contributed by atoms with Crippen molar-refractivity contribution in [1.82, 2.24) is 4.90 Å². The van der Waals surface area contributed by atoms with Crippen molar-refractivity contribution in [3.05, 3.63) is 58.1 Å². The van der Waals surface area contributed by atoms with Gasteiger partial charge in [0.1, 0.15) is 5.75 Å². The zero-order chi connectivity index (χ0) is 20.5. The van der Waals surface area contributed by atoms with Crippen LogP contribution in [0.15, 0.2) is 36.4 Å². The number of hydrogen-bond acceptors (Lipinski definition) is 4. The third kappa shape index (κ3) is 4.25. The molecule has 0 saturated heterocycles. The lowest BCUT2D eigenvalue weighted by Crippen LogP contribution is -2.35. The maximum absolute atomic E-state index is 12.9. The number of methoxy groups -OCH3 is 1. The van der Waals surface area contributed by atoms with E-state index in [4.69, 9.17) is 16.3 Å². The molecule has 1 aliphatic heterocycles. The highest BCUT2D eigenvalue weighted by atomic mass is 35.5. The van der Waals surface area contributed by atoms with E-state index in [1.54, 1.807) is 55.5 Å². The first-order valence-electron chi connectivity index (χ1n) is 8.89. The van der Waals surface area contributed by atoms with Gasteiger partial charge in [-0.25, -0.2) is 8.42 Å². The van der Waals surface area contributed by atoms with Gasteiger partial charge in [0.25, 0.3) is 5.91 Å². The molecule has 8 heteroatoms. The Labute approximate surface area is 170 Å². The third-order valence-electron chi connectivity index (χ3n) is 4.80. The number of rotatable bonds is 5. The summed E-state index contributed by atoms with van der Waals surface area (Å²) in [5, 5.41) is 0.575. The largest absolute Gasteiger partial charge is 0.496 e. The summed E-state index contributed by atoms with van der Waals surface area (Å²) >= 11 is 6.07. The molecule has 3 rings (SSSR count). The van der Waals surface area contributed by atoms with Crippen LogP contribution in [0.4, 0.5) is 5.69 Å². The molecule has 1 heterocycles. The summed E-state index contributed by atoms with van der Waals surface area (Å²) in [4.78, 5) is 14.5. The summed E-state index contributed by atoms with van der Waals surface area (Å²) in [7, 11) is -0.0414. The van der Waals surface area contributed by atoms with Gasteiger partial charge in [-0.05, 0) is 54.8 Å². The van der Waals surface area contributed by atoms with E-state index in [1.807, 2.05) is 0 Å². The number of sulfonamides is 1. The van der Waals surface area contributed by atoms with Crippen molar-refractivity contribution in [2.24, 2.45) is 0 Å². The van der Waals surface area contributed by atoms with Gasteiger partial charge in [0.05, 0.1) is 19.1 Å². The van der Waals surface area contributed by atoms with Crippen LogP contribution in [0.2, 0.25) is 5.02 Å². The maximum Gasteiger partial charge on any atom is 0.253 e. The summed E-state index contributed by atoms with van der Waals surface area (Å²) in [6, 6.07) is 10.5. The molecule has 2 aromatic carbocycles. The third-order valence-corrected chi connectivity index (χ3v) is 6.21. The second-order valence-electron chi connectivity index (χ2n) is 6.90. The molecule has 2 aromatic rings. The molecular formula is C20H23ClN2O4S. The van der Waals surface area contributed by atoms with E-state index in [-0.39, 0.29) is 5.91 Å². The molecule has 150 valence electrons. The number of benzene rings is 2. The van der Waals surface area contributed by atoms with Gasteiger partial charge in [0, 0.05) is 36.3 Å². The molecule has 0 aliphatic carbocycles. The summed E-state index contributed by atoms with van der Waals surface area (Å²) in [5.74, 6) is 0.514. The lowest BCUT2D eigenvalue weighted by Gasteiger charge is -2.29. The quantitative estimate of drug-likeness (QED) is 0.741. The van der Waals surface area contributed by atoms with Crippen molar-refractivity contribution in [1.29, 1.82) is 0 Å². The van der Waals surface area contributed by atoms with Gasteiger partial charge in [-0.2, -0.15) is 0 Å². The predicted octanol–water partition coefficient (Wildman–Crippen LogP) is 3.33. The zero-order valence-electron chi connectivity index (χ0n) is 16.1. The van der Waals surface area contributed by atoms with Crippen molar-refractivity contribution in [2.45, 2.75) is 19.4 Å². The van der Waals surface area contributed by atoms with E-state index in [9.17, 15) is 13.2 Å². The number of anilines is 1. The fourth-order valence-corrected chi connectivity index (χ4v) is 4.65. The number of ether oxygens (including phenoxy) is 1. The Hall–Kier alpha value is -2.25. The van der Waals surface area contributed by atoms with Crippen molar-refractivity contribution in [3.8, 4) is 5.75 Å². The van der Waals surface area contributed by atoms with Gasteiger partial charge in [-0.15, -0.1) is 0 Å². The van der Waals surface area contributed by atoms with E-state index in [2.05, 4.69) is 0 Å². The predicted molar refractivity (Wildman–Crippen MR) is 111 cm³/mol. The summed E-state index contributed by atoms with van der Waals surface area (Å²) in [5.41, 5.74) is 2.87. The average Bonchev–Trinajstić information content (AvgIpc) is 2.65. The van der Waals surface area contributed by atoms with Crippen LogP contribution in [-0.4, -0.2) is 46.2 Å². The number of halogens is 1. The van der Waals surface area contributed by atoms with Crippen molar-refractivity contribution < 1.29 is 17.9 Å². The van der Waals surface area contributed by atoms with E-state index in [0.717, 1.165) is 24.0 Å². The van der Waals surface area contributed by atoms with Crippen LogP contribution in [0.25, 0.3) is 0 Å². The van der Waals surface area contributed by atoms with Gasteiger partial charge in [0.15, 0.2) is 0 Å². The molecule has 6 nitrogen and oxygen atoms in total. The average molecular weight is 423 g/mol. The first-order valence-corrected chi connectivity index (χ1v) is 11.1. The van der Waals surface area contributed by atoms with Crippen molar-refractivity contribution >= 4 is 33.2 Å². The van der Waals surface area contributed by atoms with Gasteiger partial charge in [-0.1, -0.05) is 11.6 Å². The summed E-state index contributed by atoms with van der Waals surface area (Å²) < 4.78 is 30.7. The normalized spacial score (nSPS) is 13.8. The minimum atomic E-state index is -3.33. The van der Waals surface area contributed by atoms with E-state index in [0.29, 0.717) is 35.1 Å². The Balaban J connectivity index is 1.84. The van der Waals surface area contributed by atoms with E-state index >= 15 is 0 Å². The number of aryl methyl sites for hydroxylation is 1. The molecule has 0 fully saturated rings. The van der Waals surface area contributed by atoms with Crippen LogP contribution < -0.4 is 9.04 Å². The fraction of sp³-hybridized carbons (Fsp3) is 0.350. The number of fused-ring (bicyclic) bond motifs is 1. The van der Waals surface area contributed by atoms with Crippen LogP contribution in [0.3, 0.4) is 0 Å². The Bertz CT molecular complexity index is 1010. The lowest BCUT2D eigenvalue weighted by atomic mass is 10.00. The minimum absolute atomic E-state index is 0.152. The smallest absolute Gasteiger partial charge is 0.253 e. The van der Waals surface area contributed by atoms with E-state index in [1.165, 1.54) is 10.6 Å². The second kappa shape index (κ2) is 8.01. The van der Waals surface area contributed by atoms with Crippen LogP contribution in [-0.2, 0) is 23.0 Å². The van der Waals surface area contributed by atoms with Crippen LogP contribution >= 0.6 is 11.6 Å². The number of amides is 1. The highest BCUT2D eigenvalue weighted by molar-refractivity contribution is 7.92. The first kappa shape index (κ1) is 20.5. The standard InChI is InChI=1S/C20H23ClN2O4S/c1-22(13-16-12-17(21)7-9-19(16)27-2)20(24)15-6-8-18-14(11-15)5-4-10-23(18)28(3,25)26/h6-9,11-12H,4-5,10,13H2,1-3H3. The molecule has 0 atom stereocenters. The number of carbonyl (C=O) groups is 1. The van der Waals surface area contributed by atoms with Gasteiger partial charge >= 0.3 is 0 Å². The van der Waals surface area contributed by atoms with Gasteiger partial charge in [0.2, 0.25) is 10.0 Å². The van der Waals surface area contributed by atoms with Gasteiger partial charge in [-0.3, -0.25) is 9.10 Å². The van der Waals surface area contributed by atoms with E-state index < -0.39 is 10.0 Å². The van der Waals surface area contributed by atoms with Gasteiger partial charge < -0.3 is 9.64 Å². The molecule has 0 aromatic heterocycles. The molecule has 0 bridgehead atoms. The summed E-state index contributed by atoms with van der Waals surface area (Å²) in [6.07, 6.45) is 2.68. The van der Waals surface area contributed by atoms with Crippen molar-refractivity contribution in [3.63, 3.8) is 0 Å². The lowest BCUT2D eigenvalue weighted by molar-refractivity contribution is 0.0784. The molecule has 0 unspecified atom stereocenters. The molecule has 0 radical (unpaired) electrons. The number of hydrogen-bond donors (Lipinski definition) is 0. The minimum Gasteiger partial charge on any atom is -0.496 e. The molecule has 0 N–H and O–H groups in total. The SMILES string of the molecule is COc1ccc(Cl)cc1CN(C)C(=O)c1ccc2c(c1)CCCN2S(C)(=O)=O. The van der Waals surface area contributed by atoms with Crippen molar-refractivity contribution in [2.75, 3.05) is 31.3 Å². The molecule has 1 amide bonds. The fourth-order valence-electron chi connectivity index (χ4n) is 3.46. The second-order valence-corrected chi connectivity index (χ2v) is 9.24. The highest BCUT2D eigenvalue weighted by Crippen LogP contribution is 2.30. The highest BCUT2D eigenvalue weighted by Gasteiger charge is 2.25. The Morgan fingerprint density at radius 1 is 1.25 bits per heavy atom. The molecule has 0 spiro atoms. The molecular weight excluding hydrogens is 400 g/mol. The monoisotopic (exact) mass is 422 g/mol. The maximum atomic E-state index is 12.9. The topological polar surface area (TPSA) is 66.9 Å². The zero-order valence-corrected chi connectivity index (χ0v) is 17.7. The molecule has 0 saturated carbocycles. The molecule has 28 heavy (non-hydrogen) atoms. The number of carbonyl (C=O) groups excluding carboxylic acids is 1. The summed E-state index contributed by atoms with van der Waals surface area (Å²) in [6.45, 7) is 0.808. The van der Waals surface area contributed by atoms with Crippen LogP contribution in [0.1, 0.15) is 27.9 Å². The molecule has 1 aliphatic rings.